The van der Waals surface area contributed by atoms with E-state index in [9.17, 15) is 27.6 Å². The molecule has 0 fully saturated rings. The maximum absolute atomic E-state index is 12.8. The van der Waals surface area contributed by atoms with Gasteiger partial charge in [-0.1, -0.05) is 12.1 Å². The molecule has 0 heterocycles. The van der Waals surface area contributed by atoms with E-state index < -0.39 is 47.8 Å². The van der Waals surface area contributed by atoms with Crippen molar-refractivity contribution in [3.05, 3.63) is 35.4 Å². The topological polar surface area (TPSA) is 92.7 Å². The predicted molar refractivity (Wildman–Crippen MR) is 67.0 cm³/mol. The smallest absolute Gasteiger partial charge is 0.417 e. The highest BCUT2D eigenvalue weighted by atomic mass is 19.4. The second-order valence-electron chi connectivity index (χ2n) is 4.21. The molecule has 0 bridgehead atoms. The lowest BCUT2D eigenvalue weighted by atomic mass is 10.1. The van der Waals surface area contributed by atoms with Crippen molar-refractivity contribution in [2.75, 3.05) is 6.61 Å². The van der Waals surface area contributed by atoms with Gasteiger partial charge in [-0.25, -0.2) is 4.79 Å². The molecule has 2 N–H and O–H groups in total. The number of nitrogens with one attached hydrogen (secondary N) is 1. The zero-order chi connectivity index (χ0) is 16.9. The average Bonchev–Trinajstić information content (AvgIpc) is 2.41. The molecule has 1 aromatic carbocycles. The number of hydrogen-bond acceptors (Lipinski definition) is 4. The first kappa shape index (κ1) is 17.5. The molecular formula is C13H12F3NO5. The van der Waals surface area contributed by atoms with Gasteiger partial charge in [0.1, 0.15) is 6.61 Å². The van der Waals surface area contributed by atoms with E-state index in [-0.39, 0.29) is 0 Å². The molecule has 22 heavy (non-hydrogen) atoms. The number of carbonyl (C=O) groups excluding carboxylic acids is 2. The molecule has 0 saturated heterocycles. The molecule has 1 aromatic rings. The number of esters is 1. The fraction of sp³-hybridized carbons (Fsp3) is 0.308. The normalized spacial score (nSPS) is 12.4. The van der Waals surface area contributed by atoms with Crippen LogP contribution in [0, 0.1) is 0 Å². The third-order valence-corrected chi connectivity index (χ3v) is 2.53. The van der Waals surface area contributed by atoms with Crippen molar-refractivity contribution in [2.24, 2.45) is 0 Å². The van der Waals surface area contributed by atoms with Crippen LogP contribution in [0.1, 0.15) is 22.8 Å². The van der Waals surface area contributed by atoms with Crippen molar-refractivity contribution < 1.29 is 37.4 Å². The van der Waals surface area contributed by atoms with Crippen LogP contribution < -0.4 is 5.32 Å². The minimum Gasteiger partial charge on any atom is -0.480 e. The summed E-state index contributed by atoms with van der Waals surface area (Å²) in [7, 11) is 0. The molecule has 0 saturated carbocycles. The molecule has 120 valence electrons. The van der Waals surface area contributed by atoms with Crippen molar-refractivity contribution >= 4 is 17.8 Å². The Labute approximate surface area is 122 Å². The number of carboxylic acid groups (broad SMARTS) is 1. The van der Waals surface area contributed by atoms with E-state index in [0.29, 0.717) is 6.07 Å². The third-order valence-electron chi connectivity index (χ3n) is 2.53. The van der Waals surface area contributed by atoms with E-state index in [4.69, 9.17) is 5.11 Å². The van der Waals surface area contributed by atoms with Gasteiger partial charge >= 0.3 is 18.1 Å². The Kier molecular flexibility index (Phi) is 5.50. The number of carboxylic acids is 1. The van der Waals surface area contributed by atoms with Crippen molar-refractivity contribution in [1.29, 1.82) is 0 Å². The Balaban J connectivity index is 2.96. The lowest BCUT2D eigenvalue weighted by Gasteiger charge is -2.16. The zero-order valence-electron chi connectivity index (χ0n) is 11.3. The van der Waals surface area contributed by atoms with Crippen LogP contribution in [-0.2, 0) is 20.5 Å². The Morgan fingerprint density at radius 3 is 2.36 bits per heavy atom. The van der Waals surface area contributed by atoms with E-state index in [1.165, 1.54) is 6.07 Å². The van der Waals surface area contributed by atoms with Crippen molar-refractivity contribution in [3.8, 4) is 0 Å². The van der Waals surface area contributed by atoms with E-state index in [2.05, 4.69) is 4.74 Å². The second-order valence-corrected chi connectivity index (χ2v) is 4.21. The molecule has 0 aliphatic heterocycles. The summed E-state index contributed by atoms with van der Waals surface area (Å²) in [5.74, 6) is -3.55. The fourth-order valence-corrected chi connectivity index (χ4v) is 1.54. The Bertz CT molecular complexity index is 585. The van der Waals surface area contributed by atoms with Gasteiger partial charge in [0.25, 0.3) is 5.91 Å². The van der Waals surface area contributed by atoms with Gasteiger partial charge in [-0.3, -0.25) is 9.59 Å². The van der Waals surface area contributed by atoms with Crippen LogP contribution in [0.25, 0.3) is 0 Å². The van der Waals surface area contributed by atoms with Crippen LogP contribution in [0.2, 0.25) is 0 Å². The summed E-state index contributed by atoms with van der Waals surface area (Å²) in [5, 5.41) is 10.8. The van der Waals surface area contributed by atoms with E-state index in [1.807, 2.05) is 5.32 Å². The zero-order valence-corrected chi connectivity index (χ0v) is 11.3. The summed E-state index contributed by atoms with van der Waals surface area (Å²) in [6.45, 7) is 0.338. The van der Waals surface area contributed by atoms with Crippen LogP contribution in [0.3, 0.4) is 0 Å². The largest absolute Gasteiger partial charge is 0.480 e. The van der Waals surface area contributed by atoms with Crippen LogP contribution in [-0.4, -0.2) is 35.6 Å². The van der Waals surface area contributed by atoms with E-state index in [1.54, 1.807) is 0 Å². The van der Waals surface area contributed by atoms with Crippen molar-refractivity contribution in [3.63, 3.8) is 0 Å². The van der Waals surface area contributed by atoms with Crippen LogP contribution in [0.15, 0.2) is 24.3 Å². The maximum atomic E-state index is 12.8. The number of ether oxygens (including phenoxy) is 1. The first-order valence-corrected chi connectivity index (χ1v) is 5.96. The number of aliphatic carboxylic acids is 1. The van der Waals surface area contributed by atoms with Gasteiger partial charge in [-0.05, 0) is 12.1 Å². The summed E-state index contributed by atoms with van der Waals surface area (Å²) >= 11 is 0. The molecule has 1 amide bonds. The summed E-state index contributed by atoms with van der Waals surface area (Å²) < 4.78 is 42.8. The number of benzene rings is 1. The summed E-state index contributed by atoms with van der Waals surface area (Å²) in [4.78, 5) is 33.4. The first-order valence-electron chi connectivity index (χ1n) is 5.96. The van der Waals surface area contributed by atoms with Gasteiger partial charge < -0.3 is 15.2 Å². The molecule has 0 unspecified atom stereocenters. The molecule has 0 aliphatic carbocycles. The summed E-state index contributed by atoms with van der Waals surface area (Å²) in [5.41, 5.74) is -1.91. The van der Waals surface area contributed by atoms with Crippen LogP contribution in [0.5, 0.6) is 0 Å². The van der Waals surface area contributed by atoms with Gasteiger partial charge in [0.05, 0.1) is 11.1 Å². The first-order chi connectivity index (χ1) is 10.1. The fourth-order valence-electron chi connectivity index (χ4n) is 1.54. The van der Waals surface area contributed by atoms with Crippen molar-refractivity contribution in [2.45, 2.75) is 19.1 Å². The predicted octanol–water partition coefficient (Wildman–Crippen LogP) is 1.45. The number of amides is 1. The highest BCUT2D eigenvalue weighted by Crippen LogP contribution is 2.31. The highest BCUT2D eigenvalue weighted by molar-refractivity contribution is 5.98. The molecule has 9 heteroatoms. The minimum atomic E-state index is -4.76. The Morgan fingerprint density at radius 2 is 1.86 bits per heavy atom. The van der Waals surface area contributed by atoms with Gasteiger partial charge in [-0.2, -0.15) is 13.2 Å². The second kappa shape index (κ2) is 6.92. The molecule has 6 nitrogen and oxygen atoms in total. The van der Waals surface area contributed by atoms with Gasteiger partial charge in [0.2, 0.25) is 0 Å². The number of alkyl halides is 3. The number of halogens is 3. The minimum absolute atomic E-state index is 0.690. The Morgan fingerprint density at radius 1 is 1.27 bits per heavy atom. The van der Waals surface area contributed by atoms with Gasteiger partial charge in [0.15, 0.2) is 6.04 Å². The molecule has 0 spiro atoms. The van der Waals surface area contributed by atoms with Gasteiger partial charge in [0, 0.05) is 6.92 Å². The average molecular weight is 319 g/mol. The third kappa shape index (κ3) is 4.76. The standard InChI is InChI=1S/C13H12F3NO5/c1-7(18)22-6-10(12(20)21)17-11(19)8-4-2-3-5-9(8)13(14,15)16/h2-5,10H,6H2,1H3,(H,17,19)(H,20,21)/t10-/m0/s1. The lowest BCUT2D eigenvalue weighted by Crippen LogP contribution is -2.44. The number of carbonyl (C=O) groups is 3. The Hall–Kier alpha value is -2.58. The monoisotopic (exact) mass is 319 g/mol. The van der Waals surface area contributed by atoms with Crippen LogP contribution in [0.4, 0.5) is 13.2 Å². The van der Waals surface area contributed by atoms with Gasteiger partial charge in [-0.15, -0.1) is 0 Å². The quantitative estimate of drug-likeness (QED) is 0.801. The highest BCUT2D eigenvalue weighted by Gasteiger charge is 2.35. The number of hydrogen-bond donors (Lipinski definition) is 2. The summed E-state index contributed by atoms with van der Waals surface area (Å²) in [6, 6.07) is 2.29. The van der Waals surface area contributed by atoms with Crippen molar-refractivity contribution in [1.82, 2.24) is 5.32 Å². The molecular weight excluding hydrogens is 307 g/mol. The lowest BCUT2D eigenvalue weighted by molar-refractivity contribution is -0.146. The molecule has 0 radical (unpaired) electrons. The van der Waals surface area contributed by atoms with E-state index >= 15 is 0 Å². The molecule has 1 rings (SSSR count). The van der Waals surface area contributed by atoms with Crippen LogP contribution >= 0.6 is 0 Å². The number of rotatable bonds is 5. The summed E-state index contributed by atoms with van der Waals surface area (Å²) in [6.07, 6.45) is -4.76. The van der Waals surface area contributed by atoms with E-state index in [0.717, 1.165) is 19.1 Å². The molecule has 0 aromatic heterocycles. The SMILES string of the molecule is CC(=O)OC[C@H](NC(=O)c1ccccc1C(F)(F)F)C(=O)O. The molecule has 0 aliphatic rings. The maximum Gasteiger partial charge on any atom is 0.417 e. The molecule has 1 atom stereocenters.